The second-order valence-corrected chi connectivity index (χ2v) is 4.80. The summed E-state index contributed by atoms with van der Waals surface area (Å²) in [6.45, 7) is 3.66. The Morgan fingerprint density at radius 2 is 2.42 bits per heavy atom. The van der Waals surface area contributed by atoms with Crippen LogP contribution in [0.3, 0.4) is 0 Å². The summed E-state index contributed by atoms with van der Waals surface area (Å²) in [5.74, 6) is -0.284. The molecule has 1 atom stereocenters. The Bertz CT molecular complexity index is 472. The van der Waals surface area contributed by atoms with Gasteiger partial charge >= 0.3 is 0 Å². The molecule has 1 aliphatic rings. The predicted molar refractivity (Wildman–Crippen MR) is 70.1 cm³/mol. The van der Waals surface area contributed by atoms with Gasteiger partial charge in [0.05, 0.1) is 24.3 Å². The van der Waals surface area contributed by atoms with E-state index < -0.39 is 0 Å². The van der Waals surface area contributed by atoms with Crippen molar-refractivity contribution in [2.24, 2.45) is 0 Å². The summed E-state index contributed by atoms with van der Waals surface area (Å²) in [7, 11) is 2.06. The smallest absolute Gasteiger partial charge is 0.127 e. The largest absolute Gasteiger partial charge is 0.374 e. The Balaban J connectivity index is 1.84. The third kappa shape index (κ3) is 4.00. The van der Waals surface area contributed by atoms with E-state index >= 15 is 0 Å². The molecule has 1 saturated heterocycles. The number of halogens is 1. The lowest BCUT2D eigenvalue weighted by Gasteiger charge is -2.30. The molecule has 4 nitrogen and oxygen atoms in total. The summed E-state index contributed by atoms with van der Waals surface area (Å²) < 4.78 is 19.2. The van der Waals surface area contributed by atoms with Crippen LogP contribution in [0, 0.1) is 17.1 Å². The van der Waals surface area contributed by atoms with E-state index in [0.717, 1.165) is 19.7 Å². The molecule has 19 heavy (non-hydrogen) atoms. The van der Waals surface area contributed by atoms with Crippen molar-refractivity contribution in [1.29, 1.82) is 5.26 Å². The maximum atomic E-state index is 13.5. The molecule has 1 aromatic rings. The summed E-state index contributed by atoms with van der Waals surface area (Å²) >= 11 is 0. The van der Waals surface area contributed by atoms with Gasteiger partial charge in [-0.3, -0.25) is 0 Å². The van der Waals surface area contributed by atoms with Gasteiger partial charge in [-0.15, -0.1) is 0 Å². The van der Waals surface area contributed by atoms with Crippen molar-refractivity contribution in [2.75, 3.05) is 33.3 Å². The van der Waals surface area contributed by atoms with Gasteiger partial charge in [0.1, 0.15) is 5.82 Å². The minimum absolute atomic E-state index is 0.140. The number of hydrogen-bond donors (Lipinski definition) is 1. The lowest BCUT2D eigenvalue weighted by atomic mass is 10.1. The van der Waals surface area contributed by atoms with Crippen LogP contribution in [0.1, 0.15) is 11.1 Å². The average Bonchev–Trinajstić information content (AvgIpc) is 2.41. The van der Waals surface area contributed by atoms with Crippen LogP contribution in [0.2, 0.25) is 0 Å². The summed E-state index contributed by atoms with van der Waals surface area (Å²) in [5.41, 5.74) is 0.995. The highest BCUT2D eigenvalue weighted by Crippen LogP contribution is 2.10. The highest BCUT2D eigenvalue weighted by atomic mass is 19.1. The van der Waals surface area contributed by atoms with Crippen LogP contribution >= 0.6 is 0 Å². The van der Waals surface area contributed by atoms with Gasteiger partial charge in [-0.05, 0) is 25.2 Å². The van der Waals surface area contributed by atoms with Crippen molar-refractivity contribution in [3.05, 3.63) is 35.1 Å². The number of nitrogens with zero attached hydrogens (tertiary/aromatic N) is 2. The fourth-order valence-corrected chi connectivity index (χ4v) is 2.14. The Morgan fingerprint density at radius 1 is 1.58 bits per heavy atom. The molecule has 1 heterocycles. The molecule has 1 fully saturated rings. The van der Waals surface area contributed by atoms with E-state index in [2.05, 4.69) is 17.3 Å². The van der Waals surface area contributed by atoms with Crippen molar-refractivity contribution in [1.82, 2.24) is 10.2 Å². The van der Waals surface area contributed by atoms with E-state index in [1.54, 1.807) is 6.07 Å². The fraction of sp³-hybridized carbons (Fsp3) is 0.500. The number of nitriles is 1. The zero-order valence-corrected chi connectivity index (χ0v) is 11.0. The number of rotatable bonds is 4. The van der Waals surface area contributed by atoms with Gasteiger partial charge in [0.25, 0.3) is 0 Å². The van der Waals surface area contributed by atoms with Gasteiger partial charge in [-0.25, -0.2) is 4.39 Å². The monoisotopic (exact) mass is 263 g/mol. The minimum atomic E-state index is -0.284. The minimum Gasteiger partial charge on any atom is -0.374 e. The van der Waals surface area contributed by atoms with Crippen molar-refractivity contribution >= 4 is 0 Å². The standard InChI is InChI=1S/C14H18FN3O/c1-18-4-5-19-13(10-18)9-17-8-12-6-11(7-16)2-3-14(12)15/h2-3,6,13,17H,4-5,8-10H2,1H3. The van der Waals surface area contributed by atoms with Crippen LogP contribution in [0.5, 0.6) is 0 Å². The first kappa shape index (κ1) is 13.9. The lowest BCUT2D eigenvalue weighted by molar-refractivity contribution is -0.0182. The molecular weight excluding hydrogens is 245 g/mol. The molecule has 0 aromatic heterocycles. The summed E-state index contributed by atoms with van der Waals surface area (Å²) in [6.07, 6.45) is 0.140. The van der Waals surface area contributed by atoms with Gasteiger partial charge in [0.2, 0.25) is 0 Å². The molecule has 1 unspecified atom stereocenters. The maximum absolute atomic E-state index is 13.5. The molecule has 5 heteroatoms. The van der Waals surface area contributed by atoms with Crippen molar-refractivity contribution in [2.45, 2.75) is 12.6 Å². The van der Waals surface area contributed by atoms with Crippen LogP contribution in [0.15, 0.2) is 18.2 Å². The van der Waals surface area contributed by atoms with E-state index in [-0.39, 0.29) is 11.9 Å². The van der Waals surface area contributed by atoms with E-state index in [4.69, 9.17) is 10.00 Å². The van der Waals surface area contributed by atoms with Crippen LogP contribution in [-0.2, 0) is 11.3 Å². The van der Waals surface area contributed by atoms with Gasteiger partial charge < -0.3 is 15.0 Å². The number of likely N-dealkylation sites (N-methyl/N-ethyl adjacent to an activating group) is 1. The van der Waals surface area contributed by atoms with Gasteiger partial charge in [-0.1, -0.05) is 0 Å². The average molecular weight is 263 g/mol. The number of ether oxygens (including phenoxy) is 1. The van der Waals surface area contributed by atoms with Crippen LogP contribution in [-0.4, -0.2) is 44.3 Å². The molecule has 0 bridgehead atoms. The third-order valence-corrected chi connectivity index (χ3v) is 3.20. The van der Waals surface area contributed by atoms with Crippen LogP contribution in [0.4, 0.5) is 4.39 Å². The molecule has 0 aliphatic carbocycles. The maximum Gasteiger partial charge on any atom is 0.127 e. The number of nitrogens with one attached hydrogen (secondary N) is 1. The zero-order valence-electron chi connectivity index (χ0n) is 11.0. The molecule has 1 N–H and O–H groups in total. The highest BCUT2D eigenvalue weighted by Gasteiger charge is 2.17. The molecule has 1 aliphatic heterocycles. The Labute approximate surface area is 112 Å². The fourth-order valence-electron chi connectivity index (χ4n) is 2.14. The topological polar surface area (TPSA) is 48.3 Å². The summed E-state index contributed by atoms with van der Waals surface area (Å²) in [5, 5.41) is 12.0. The summed E-state index contributed by atoms with van der Waals surface area (Å²) in [6, 6.07) is 6.41. The second kappa shape index (κ2) is 6.62. The SMILES string of the molecule is CN1CCOC(CNCc2cc(C#N)ccc2F)C1. The Morgan fingerprint density at radius 3 is 3.16 bits per heavy atom. The van der Waals surface area contributed by atoms with Crippen LogP contribution < -0.4 is 5.32 Å². The molecule has 0 spiro atoms. The van der Waals surface area contributed by atoms with E-state index in [0.29, 0.717) is 24.2 Å². The third-order valence-electron chi connectivity index (χ3n) is 3.20. The Hall–Kier alpha value is -1.48. The van der Waals surface area contributed by atoms with Crippen molar-refractivity contribution < 1.29 is 9.13 Å². The first-order valence-corrected chi connectivity index (χ1v) is 6.38. The van der Waals surface area contributed by atoms with E-state index in [1.807, 2.05) is 6.07 Å². The summed E-state index contributed by atoms with van der Waals surface area (Å²) in [4.78, 5) is 2.22. The highest BCUT2D eigenvalue weighted by molar-refractivity contribution is 5.33. The number of benzene rings is 1. The molecule has 0 amide bonds. The van der Waals surface area contributed by atoms with E-state index in [9.17, 15) is 4.39 Å². The quantitative estimate of drug-likeness (QED) is 0.884. The number of morpholine rings is 1. The van der Waals surface area contributed by atoms with E-state index in [1.165, 1.54) is 12.1 Å². The second-order valence-electron chi connectivity index (χ2n) is 4.80. The van der Waals surface area contributed by atoms with Crippen molar-refractivity contribution in [3.63, 3.8) is 0 Å². The van der Waals surface area contributed by atoms with Crippen molar-refractivity contribution in [3.8, 4) is 6.07 Å². The molecule has 102 valence electrons. The molecule has 1 aromatic carbocycles. The molecule has 2 rings (SSSR count). The molecule has 0 saturated carbocycles. The van der Waals surface area contributed by atoms with Gasteiger partial charge in [0, 0.05) is 31.7 Å². The first-order chi connectivity index (χ1) is 9.19. The lowest BCUT2D eigenvalue weighted by Crippen LogP contribution is -2.44. The van der Waals surface area contributed by atoms with Gasteiger partial charge in [-0.2, -0.15) is 5.26 Å². The first-order valence-electron chi connectivity index (χ1n) is 6.38. The normalized spacial score (nSPS) is 20.2. The molecule has 0 radical (unpaired) electrons. The number of hydrogen-bond acceptors (Lipinski definition) is 4. The Kier molecular flexibility index (Phi) is 4.86. The van der Waals surface area contributed by atoms with Gasteiger partial charge in [0.15, 0.2) is 0 Å². The molecular formula is C14H18FN3O. The predicted octanol–water partition coefficient (Wildman–Crippen LogP) is 1.12. The zero-order chi connectivity index (χ0) is 13.7. The van der Waals surface area contributed by atoms with Crippen LogP contribution in [0.25, 0.3) is 0 Å².